The molecule has 1 heterocycles. The first-order chi connectivity index (χ1) is 7.90. The van der Waals surface area contributed by atoms with Crippen LogP contribution in [0.4, 0.5) is 0 Å². The van der Waals surface area contributed by atoms with Gasteiger partial charge < -0.3 is 5.73 Å². The van der Waals surface area contributed by atoms with Crippen molar-refractivity contribution in [1.82, 2.24) is 9.88 Å². The summed E-state index contributed by atoms with van der Waals surface area (Å²) in [7, 11) is -1.03. The fourth-order valence-corrected chi connectivity index (χ4v) is 2.05. The molecule has 1 rings (SSSR count). The van der Waals surface area contributed by atoms with Gasteiger partial charge in [-0.1, -0.05) is 6.07 Å². The van der Waals surface area contributed by atoms with Gasteiger partial charge in [0.05, 0.1) is 17.1 Å². The molecule has 0 saturated heterocycles. The van der Waals surface area contributed by atoms with Crippen LogP contribution in [0.15, 0.2) is 18.2 Å². The van der Waals surface area contributed by atoms with Crippen LogP contribution in [0.25, 0.3) is 0 Å². The molecule has 6 heteroatoms. The number of nitrogens with zero attached hydrogens (tertiary/aromatic N) is 2. The molecule has 0 radical (unpaired) electrons. The molecular formula is C11H19N3O2S. The number of hydrogen-bond donors (Lipinski definition) is 1. The van der Waals surface area contributed by atoms with Crippen molar-refractivity contribution >= 4 is 9.84 Å². The minimum atomic E-state index is -2.91. The van der Waals surface area contributed by atoms with Gasteiger partial charge in [0, 0.05) is 25.9 Å². The van der Waals surface area contributed by atoms with Gasteiger partial charge in [-0.15, -0.1) is 0 Å². The second kappa shape index (κ2) is 6.09. The summed E-state index contributed by atoms with van der Waals surface area (Å²) in [5.41, 5.74) is 7.26. The summed E-state index contributed by atoms with van der Waals surface area (Å²) >= 11 is 0. The number of rotatable bonds is 6. The highest BCUT2D eigenvalue weighted by molar-refractivity contribution is 7.90. The van der Waals surface area contributed by atoms with Crippen LogP contribution >= 0.6 is 0 Å². The molecule has 96 valence electrons. The van der Waals surface area contributed by atoms with Crippen LogP contribution < -0.4 is 5.73 Å². The maximum Gasteiger partial charge on any atom is 0.148 e. The summed E-state index contributed by atoms with van der Waals surface area (Å²) in [6, 6.07) is 5.70. The molecule has 0 amide bonds. The SMILES string of the molecule is CN(CCS(C)(=O)=O)Cc1cccc(CN)n1. The molecule has 1 aromatic rings. The lowest BCUT2D eigenvalue weighted by Gasteiger charge is -2.15. The maximum atomic E-state index is 11.0. The lowest BCUT2D eigenvalue weighted by atomic mass is 10.3. The largest absolute Gasteiger partial charge is 0.325 e. The van der Waals surface area contributed by atoms with Crippen LogP contribution in [0, 0.1) is 0 Å². The fourth-order valence-electron chi connectivity index (χ4n) is 1.41. The van der Waals surface area contributed by atoms with E-state index in [0.717, 1.165) is 11.4 Å². The zero-order valence-electron chi connectivity index (χ0n) is 10.3. The smallest absolute Gasteiger partial charge is 0.148 e. The van der Waals surface area contributed by atoms with Crippen molar-refractivity contribution in [2.24, 2.45) is 5.73 Å². The van der Waals surface area contributed by atoms with Gasteiger partial charge in [0.25, 0.3) is 0 Å². The Morgan fingerprint density at radius 1 is 1.35 bits per heavy atom. The van der Waals surface area contributed by atoms with Crippen LogP contribution in [-0.2, 0) is 22.9 Å². The summed E-state index contributed by atoms with van der Waals surface area (Å²) in [6.07, 6.45) is 1.24. The van der Waals surface area contributed by atoms with Crippen LogP contribution in [0.1, 0.15) is 11.4 Å². The molecule has 0 aliphatic rings. The van der Waals surface area contributed by atoms with E-state index < -0.39 is 9.84 Å². The molecule has 1 aromatic heterocycles. The summed E-state index contributed by atoms with van der Waals surface area (Å²) in [5, 5.41) is 0. The molecule has 0 bridgehead atoms. The first kappa shape index (κ1) is 14.1. The number of nitrogens with two attached hydrogens (primary N) is 1. The Kier molecular flexibility index (Phi) is 5.04. The van der Waals surface area contributed by atoms with Crippen molar-refractivity contribution in [3.63, 3.8) is 0 Å². The number of sulfone groups is 1. The molecule has 0 spiro atoms. The van der Waals surface area contributed by atoms with Crippen LogP contribution in [0.2, 0.25) is 0 Å². The van der Waals surface area contributed by atoms with Crippen molar-refractivity contribution in [1.29, 1.82) is 0 Å². The third-order valence-electron chi connectivity index (χ3n) is 2.35. The Morgan fingerprint density at radius 3 is 2.59 bits per heavy atom. The predicted molar refractivity (Wildman–Crippen MR) is 68.2 cm³/mol. The van der Waals surface area contributed by atoms with Gasteiger partial charge in [-0.05, 0) is 19.2 Å². The van der Waals surface area contributed by atoms with Crippen molar-refractivity contribution in [3.8, 4) is 0 Å². The first-order valence-electron chi connectivity index (χ1n) is 5.42. The normalized spacial score (nSPS) is 12.0. The molecule has 0 atom stereocenters. The molecule has 2 N–H and O–H groups in total. The predicted octanol–water partition coefficient (Wildman–Crippen LogP) is 0.0167. The maximum absolute atomic E-state index is 11.0. The standard InChI is InChI=1S/C11H19N3O2S/c1-14(6-7-17(2,15)16)9-11-5-3-4-10(8-12)13-11/h3-5H,6-9,12H2,1-2H3. The van der Waals surface area contributed by atoms with Crippen molar-refractivity contribution < 1.29 is 8.42 Å². The molecule has 0 aliphatic carbocycles. The highest BCUT2D eigenvalue weighted by Crippen LogP contribution is 2.02. The van der Waals surface area contributed by atoms with Gasteiger partial charge in [-0.25, -0.2) is 8.42 Å². The highest BCUT2D eigenvalue weighted by Gasteiger charge is 2.06. The summed E-state index contributed by atoms with van der Waals surface area (Å²) in [6.45, 7) is 1.55. The van der Waals surface area contributed by atoms with Crippen LogP contribution in [0.3, 0.4) is 0 Å². The second-order valence-electron chi connectivity index (χ2n) is 4.19. The molecule has 17 heavy (non-hydrogen) atoms. The highest BCUT2D eigenvalue weighted by atomic mass is 32.2. The molecule has 0 fully saturated rings. The van der Waals surface area contributed by atoms with E-state index in [9.17, 15) is 8.42 Å². The van der Waals surface area contributed by atoms with Gasteiger partial charge >= 0.3 is 0 Å². The van der Waals surface area contributed by atoms with E-state index in [-0.39, 0.29) is 5.75 Å². The van der Waals surface area contributed by atoms with E-state index >= 15 is 0 Å². The Balaban J connectivity index is 2.52. The van der Waals surface area contributed by atoms with Gasteiger partial charge in [0.15, 0.2) is 0 Å². The average molecular weight is 257 g/mol. The minimum absolute atomic E-state index is 0.167. The van der Waals surface area contributed by atoms with Crippen molar-refractivity contribution in [2.75, 3.05) is 25.6 Å². The Morgan fingerprint density at radius 2 is 2.00 bits per heavy atom. The van der Waals surface area contributed by atoms with E-state index in [4.69, 9.17) is 5.73 Å². The number of hydrogen-bond acceptors (Lipinski definition) is 5. The van der Waals surface area contributed by atoms with Gasteiger partial charge in [0.1, 0.15) is 9.84 Å². The molecule has 0 aliphatic heterocycles. The first-order valence-corrected chi connectivity index (χ1v) is 7.48. The summed E-state index contributed by atoms with van der Waals surface area (Å²) in [4.78, 5) is 6.29. The average Bonchev–Trinajstić information content (AvgIpc) is 2.26. The Labute approximate surface area is 103 Å². The van der Waals surface area contributed by atoms with Gasteiger partial charge in [0.2, 0.25) is 0 Å². The fraction of sp³-hybridized carbons (Fsp3) is 0.545. The molecule has 0 unspecified atom stereocenters. The van der Waals surface area contributed by atoms with Gasteiger partial charge in [-0.2, -0.15) is 0 Å². The molecule has 5 nitrogen and oxygen atoms in total. The van der Waals surface area contributed by atoms with E-state index in [1.807, 2.05) is 30.1 Å². The van der Waals surface area contributed by atoms with E-state index in [2.05, 4.69) is 4.98 Å². The van der Waals surface area contributed by atoms with E-state index in [0.29, 0.717) is 19.6 Å². The Bertz CT molecular complexity index is 460. The zero-order chi connectivity index (χ0) is 12.9. The monoisotopic (exact) mass is 257 g/mol. The number of aromatic nitrogens is 1. The van der Waals surface area contributed by atoms with E-state index in [1.54, 1.807) is 0 Å². The minimum Gasteiger partial charge on any atom is -0.325 e. The molecule has 0 saturated carbocycles. The van der Waals surface area contributed by atoms with Crippen molar-refractivity contribution in [2.45, 2.75) is 13.1 Å². The quantitative estimate of drug-likeness (QED) is 0.777. The summed E-state index contributed by atoms with van der Waals surface area (Å²) < 4.78 is 22.1. The van der Waals surface area contributed by atoms with E-state index in [1.165, 1.54) is 6.26 Å². The topological polar surface area (TPSA) is 76.3 Å². The van der Waals surface area contributed by atoms with Crippen molar-refractivity contribution in [3.05, 3.63) is 29.6 Å². The molecular weight excluding hydrogens is 238 g/mol. The summed E-state index contributed by atoms with van der Waals surface area (Å²) in [5.74, 6) is 0.167. The van der Waals surface area contributed by atoms with Crippen LogP contribution in [-0.4, -0.2) is 43.9 Å². The molecule has 0 aromatic carbocycles. The Hall–Kier alpha value is -0.980. The third-order valence-corrected chi connectivity index (χ3v) is 3.27. The zero-order valence-corrected chi connectivity index (χ0v) is 11.1. The second-order valence-corrected chi connectivity index (χ2v) is 6.45. The number of pyridine rings is 1. The van der Waals surface area contributed by atoms with Gasteiger partial charge in [-0.3, -0.25) is 9.88 Å². The lowest BCUT2D eigenvalue weighted by Crippen LogP contribution is -2.25. The van der Waals surface area contributed by atoms with Crippen LogP contribution in [0.5, 0.6) is 0 Å². The third kappa shape index (κ3) is 5.76. The lowest BCUT2D eigenvalue weighted by molar-refractivity contribution is 0.341.